The summed E-state index contributed by atoms with van der Waals surface area (Å²) in [5, 5.41) is 17.1. The summed E-state index contributed by atoms with van der Waals surface area (Å²) in [5.41, 5.74) is 8.50. The zero-order valence-corrected chi connectivity index (χ0v) is 24.5. The quantitative estimate of drug-likeness (QED) is 0.240. The predicted octanol–water partition coefficient (Wildman–Crippen LogP) is 7.18. The molecule has 6 nitrogen and oxygen atoms in total. The highest BCUT2D eigenvalue weighted by Crippen LogP contribution is 2.31. The Morgan fingerprint density at radius 2 is 1.52 bits per heavy atom. The molecule has 2 atom stereocenters. The van der Waals surface area contributed by atoms with E-state index in [2.05, 4.69) is 92.7 Å². The summed E-state index contributed by atoms with van der Waals surface area (Å²) >= 11 is 0. The fraction of sp³-hybridized carbons (Fsp3) is 0.250. The lowest BCUT2D eigenvalue weighted by Gasteiger charge is -2.25. The monoisotopic (exact) mass is 559 g/mol. The van der Waals surface area contributed by atoms with E-state index in [1.165, 1.54) is 16.7 Å². The maximum atomic E-state index is 12.9. The van der Waals surface area contributed by atoms with Crippen LogP contribution in [0.5, 0.6) is 0 Å². The van der Waals surface area contributed by atoms with Crippen LogP contribution >= 0.6 is 0 Å². The molecule has 1 amide bonds. The van der Waals surface area contributed by atoms with Gasteiger partial charge in [-0.15, -0.1) is 0 Å². The zero-order valence-electron chi connectivity index (χ0n) is 24.5. The minimum atomic E-state index is -1.05. The van der Waals surface area contributed by atoms with Gasteiger partial charge in [0.2, 0.25) is 5.91 Å². The number of rotatable bonds is 8. The minimum Gasteiger partial charge on any atom is -0.480 e. The molecule has 0 fully saturated rings. The van der Waals surface area contributed by atoms with Gasteiger partial charge in [0.15, 0.2) is 0 Å². The van der Waals surface area contributed by atoms with Crippen LogP contribution in [-0.2, 0) is 16.0 Å². The predicted molar refractivity (Wildman–Crippen MR) is 167 cm³/mol. The molecule has 6 heteroatoms. The summed E-state index contributed by atoms with van der Waals surface area (Å²) in [4.78, 5) is 24.8. The largest absolute Gasteiger partial charge is 0.480 e. The molecule has 0 saturated heterocycles. The van der Waals surface area contributed by atoms with Gasteiger partial charge in [-0.1, -0.05) is 105 Å². The van der Waals surface area contributed by atoms with Crippen LogP contribution in [0.2, 0.25) is 0 Å². The number of amides is 1. The Balaban J connectivity index is 1.21. The van der Waals surface area contributed by atoms with Gasteiger partial charge in [-0.25, -0.2) is 9.48 Å². The third-order valence-corrected chi connectivity index (χ3v) is 7.74. The Hall–Kier alpha value is -4.71. The van der Waals surface area contributed by atoms with Crippen molar-refractivity contribution >= 4 is 11.9 Å². The smallest absolute Gasteiger partial charge is 0.326 e. The van der Waals surface area contributed by atoms with Gasteiger partial charge in [0, 0.05) is 18.2 Å². The van der Waals surface area contributed by atoms with Crippen molar-refractivity contribution in [3.8, 4) is 27.9 Å². The third kappa shape index (κ3) is 6.77. The second kappa shape index (κ2) is 12.0. The molecule has 2 N–H and O–H groups in total. The Morgan fingerprint density at radius 3 is 2.10 bits per heavy atom. The SMILES string of the molecule is Cc1ccc(-c2ccc(-n3cc(-c4ccc(CC(NC(=O)C5C=CC(C(C)(C)C)=CC5)C(=O)O)cc4)cn3)cc2)cc1. The number of aryl methyl sites for hydroxylation is 1. The summed E-state index contributed by atoms with van der Waals surface area (Å²) in [5.74, 6) is -1.68. The second-order valence-electron chi connectivity index (χ2n) is 12.0. The van der Waals surface area contributed by atoms with Crippen molar-refractivity contribution < 1.29 is 14.7 Å². The third-order valence-electron chi connectivity index (χ3n) is 7.74. The molecular formula is C36H37N3O3. The number of nitrogens with zero attached hydrogens (tertiary/aromatic N) is 2. The topological polar surface area (TPSA) is 84.2 Å². The van der Waals surface area contributed by atoms with Crippen molar-refractivity contribution in [2.45, 2.75) is 46.6 Å². The van der Waals surface area contributed by atoms with Crippen LogP contribution in [0.4, 0.5) is 0 Å². The molecule has 1 aliphatic rings. The molecule has 42 heavy (non-hydrogen) atoms. The van der Waals surface area contributed by atoms with Crippen molar-refractivity contribution in [3.63, 3.8) is 0 Å². The summed E-state index contributed by atoms with van der Waals surface area (Å²) in [6.07, 6.45) is 10.5. The number of aromatic nitrogens is 2. The highest BCUT2D eigenvalue weighted by atomic mass is 16.4. The molecule has 3 aromatic carbocycles. The molecule has 4 aromatic rings. The van der Waals surface area contributed by atoms with E-state index in [9.17, 15) is 14.7 Å². The van der Waals surface area contributed by atoms with Gasteiger partial charge in [0.25, 0.3) is 0 Å². The standard InChI is InChI=1S/C36H37N3O3/c1-24-5-9-26(10-6-24)27-15-19-32(20-16-27)39-23-30(22-37-39)28-11-7-25(8-12-28)21-33(35(41)42)38-34(40)29-13-17-31(18-14-29)36(2,3)4/h5-13,15-20,22-23,29,33H,14,21H2,1-4H3,(H,38,40)(H,41,42). The average molecular weight is 560 g/mol. The molecule has 1 aliphatic carbocycles. The van der Waals surface area contributed by atoms with Crippen LogP contribution < -0.4 is 5.32 Å². The van der Waals surface area contributed by atoms with Crippen LogP contribution in [-0.4, -0.2) is 32.8 Å². The van der Waals surface area contributed by atoms with Gasteiger partial charge in [-0.2, -0.15) is 5.10 Å². The van der Waals surface area contributed by atoms with Crippen LogP contribution in [0, 0.1) is 18.3 Å². The first kappa shape index (κ1) is 28.8. The van der Waals surface area contributed by atoms with Crippen molar-refractivity contribution in [2.75, 3.05) is 0 Å². The maximum Gasteiger partial charge on any atom is 0.326 e. The zero-order chi connectivity index (χ0) is 29.9. The summed E-state index contributed by atoms with van der Waals surface area (Å²) in [6, 6.07) is 23.5. The lowest BCUT2D eigenvalue weighted by atomic mass is 9.81. The average Bonchev–Trinajstić information content (AvgIpc) is 3.48. The van der Waals surface area contributed by atoms with Gasteiger partial charge in [0.1, 0.15) is 6.04 Å². The Bertz CT molecular complexity index is 1620. The normalized spacial score (nSPS) is 15.6. The number of carboxylic acid groups (broad SMARTS) is 1. The number of carbonyl (C=O) groups excluding carboxylic acids is 1. The van der Waals surface area contributed by atoms with Gasteiger partial charge >= 0.3 is 5.97 Å². The number of carbonyl (C=O) groups is 2. The fourth-order valence-corrected chi connectivity index (χ4v) is 5.08. The second-order valence-corrected chi connectivity index (χ2v) is 12.0. The van der Waals surface area contributed by atoms with Gasteiger partial charge in [-0.3, -0.25) is 4.79 Å². The Labute approximate surface area is 247 Å². The Morgan fingerprint density at radius 1 is 0.929 bits per heavy atom. The summed E-state index contributed by atoms with van der Waals surface area (Å²) in [6.45, 7) is 8.48. The first-order valence-electron chi connectivity index (χ1n) is 14.3. The highest BCUT2D eigenvalue weighted by Gasteiger charge is 2.26. The van der Waals surface area contributed by atoms with Gasteiger partial charge in [-0.05, 0) is 58.7 Å². The Kier molecular flexibility index (Phi) is 8.25. The van der Waals surface area contributed by atoms with E-state index < -0.39 is 12.0 Å². The number of benzene rings is 3. The molecule has 0 radical (unpaired) electrons. The van der Waals surface area contributed by atoms with Crippen LogP contribution in [0.3, 0.4) is 0 Å². The molecule has 1 aromatic heterocycles. The molecule has 0 spiro atoms. The van der Waals surface area contributed by atoms with Crippen LogP contribution in [0.15, 0.2) is 109 Å². The van der Waals surface area contributed by atoms with E-state index in [4.69, 9.17) is 0 Å². The highest BCUT2D eigenvalue weighted by molar-refractivity contribution is 5.86. The van der Waals surface area contributed by atoms with E-state index in [-0.39, 0.29) is 23.7 Å². The molecular weight excluding hydrogens is 522 g/mol. The molecule has 0 bridgehead atoms. The van der Waals surface area contributed by atoms with Crippen molar-refractivity contribution in [1.29, 1.82) is 0 Å². The number of hydrogen-bond donors (Lipinski definition) is 2. The van der Waals surface area contributed by atoms with E-state index in [1.54, 1.807) is 0 Å². The summed E-state index contributed by atoms with van der Waals surface area (Å²) in [7, 11) is 0. The van der Waals surface area contributed by atoms with E-state index in [0.717, 1.165) is 27.9 Å². The molecule has 0 saturated carbocycles. The van der Waals surface area contributed by atoms with E-state index in [1.807, 2.05) is 53.5 Å². The van der Waals surface area contributed by atoms with Crippen LogP contribution in [0.25, 0.3) is 27.9 Å². The number of nitrogens with one attached hydrogen (secondary N) is 1. The van der Waals surface area contributed by atoms with Gasteiger partial charge in [0.05, 0.1) is 17.8 Å². The lowest BCUT2D eigenvalue weighted by molar-refractivity contribution is -0.142. The summed E-state index contributed by atoms with van der Waals surface area (Å²) < 4.78 is 1.84. The van der Waals surface area contributed by atoms with Crippen molar-refractivity contribution in [1.82, 2.24) is 15.1 Å². The van der Waals surface area contributed by atoms with E-state index in [0.29, 0.717) is 6.42 Å². The molecule has 0 aliphatic heterocycles. The first-order chi connectivity index (χ1) is 20.1. The lowest BCUT2D eigenvalue weighted by Crippen LogP contribution is -2.44. The molecule has 1 heterocycles. The van der Waals surface area contributed by atoms with Crippen molar-refractivity contribution in [3.05, 3.63) is 120 Å². The molecule has 2 unspecified atom stereocenters. The number of hydrogen-bond acceptors (Lipinski definition) is 3. The molecule has 5 rings (SSSR count). The van der Waals surface area contributed by atoms with Crippen LogP contribution in [0.1, 0.15) is 38.3 Å². The minimum absolute atomic E-state index is 0.0138. The molecule has 214 valence electrons. The number of carboxylic acids is 1. The fourth-order valence-electron chi connectivity index (χ4n) is 5.08. The number of allylic oxidation sites excluding steroid dienone is 3. The van der Waals surface area contributed by atoms with E-state index >= 15 is 0 Å². The number of aliphatic carboxylic acids is 1. The first-order valence-corrected chi connectivity index (χ1v) is 14.3. The van der Waals surface area contributed by atoms with Gasteiger partial charge < -0.3 is 10.4 Å². The maximum absolute atomic E-state index is 12.9. The van der Waals surface area contributed by atoms with Crippen molar-refractivity contribution in [2.24, 2.45) is 11.3 Å².